The molecule has 0 radical (unpaired) electrons. The van der Waals surface area contributed by atoms with Crippen molar-refractivity contribution in [3.8, 4) is 0 Å². The van der Waals surface area contributed by atoms with Gasteiger partial charge in [0.15, 0.2) is 0 Å². The second kappa shape index (κ2) is 3.72. The average molecular weight is 136 g/mol. The Balaban J connectivity index is 3.44. The normalized spacial score (nSPS) is 12.9. The molecule has 0 bridgehead atoms. The molecule has 0 aromatic rings. The summed E-state index contributed by atoms with van der Waals surface area (Å²) in [6, 6.07) is 0.147. The number of halogens is 1. The molecule has 0 aromatic heterocycles. The first-order valence-corrected chi connectivity index (χ1v) is 2.99. The molecule has 0 spiro atoms. The van der Waals surface area contributed by atoms with Crippen LogP contribution in [0, 0.1) is 0 Å². The van der Waals surface area contributed by atoms with Gasteiger partial charge in [0, 0.05) is 19.0 Å². The Hall–Kier alpha value is -0.240. The van der Waals surface area contributed by atoms with Gasteiger partial charge >= 0.3 is 0 Å². The van der Waals surface area contributed by atoms with Crippen LogP contribution in [0.1, 0.15) is 6.92 Å². The highest BCUT2D eigenvalue weighted by atomic mass is 35.5. The Morgan fingerprint density at radius 1 is 1.88 bits per heavy atom. The van der Waals surface area contributed by atoms with Crippen LogP contribution in [0.5, 0.6) is 0 Å². The van der Waals surface area contributed by atoms with Gasteiger partial charge in [-0.3, -0.25) is 4.79 Å². The highest BCUT2D eigenvalue weighted by molar-refractivity contribution is 6.18. The van der Waals surface area contributed by atoms with Gasteiger partial charge in [-0.2, -0.15) is 0 Å². The van der Waals surface area contributed by atoms with Crippen molar-refractivity contribution in [1.29, 1.82) is 0 Å². The van der Waals surface area contributed by atoms with Crippen molar-refractivity contribution in [2.24, 2.45) is 0 Å². The largest absolute Gasteiger partial charge is 0.344 e. The molecule has 1 amide bonds. The molecule has 0 unspecified atom stereocenters. The van der Waals surface area contributed by atoms with Crippen molar-refractivity contribution < 1.29 is 4.79 Å². The maximum atomic E-state index is 9.97. The highest BCUT2D eigenvalue weighted by Crippen LogP contribution is 1.92. The van der Waals surface area contributed by atoms with Crippen LogP contribution in [0.25, 0.3) is 0 Å². The molecule has 0 fully saturated rings. The van der Waals surface area contributed by atoms with Crippen LogP contribution in [-0.4, -0.2) is 30.3 Å². The first-order valence-electron chi connectivity index (χ1n) is 2.45. The van der Waals surface area contributed by atoms with Crippen molar-refractivity contribution in [2.75, 3.05) is 12.9 Å². The van der Waals surface area contributed by atoms with E-state index in [-0.39, 0.29) is 6.04 Å². The summed E-state index contributed by atoms with van der Waals surface area (Å²) in [5.41, 5.74) is 0. The third-order valence-corrected chi connectivity index (χ3v) is 1.53. The summed E-state index contributed by atoms with van der Waals surface area (Å²) >= 11 is 5.43. The molecule has 0 saturated carbocycles. The third kappa shape index (κ3) is 2.17. The molecule has 0 saturated heterocycles. The molecule has 0 aliphatic heterocycles. The van der Waals surface area contributed by atoms with Gasteiger partial charge in [0.1, 0.15) is 0 Å². The summed E-state index contributed by atoms with van der Waals surface area (Å²) in [6.07, 6.45) is 0.771. The van der Waals surface area contributed by atoms with Crippen molar-refractivity contribution >= 4 is 18.0 Å². The predicted molar refractivity (Wildman–Crippen MR) is 34.0 cm³/mol. The Morgan fingerprint density at radius 2 is 2.38 bits per heavy atom. The number of carbonyl (C=O) groups is 1. The van der Waals surface area contributed by atoms with Gasteiger partial charge in [-0.05, 0) is 6.92 Å². The Morgan fingerprint density at radius 3 is 2.50 bits per heavy atom. The van der Waals surface area contributed by atoms with Crippen molar-refractivity contribution in [3.05, 3.63) is 0 Å². The third-order valence-electron chi connectivity index (χ3n) is 1.08. The zero-order valence-electron chi connectivity index (χ0n) is 5.10. The van der Waals surface area contributed by atoms with E-state index in [1.165, 1.54) is 4.90 Å². The van der Waals surface area contributed by atoms with Crippen LogP contribution in [-0.2, 0) is 4.79 Å². The Labute approximate surface area is 54.4 Å². The van der Waals surface area contributed by atoms with Crippen molar-refractivity contribution in [3.63, 3.8) is 0 Å². The summed E-state index contributed by atoms with van der Waals surface area (Å²) in [6.45, 7) is 1.89. The van der Waals surface area contributed by atoms with E-state index < -0.39 is 0 Å². The van der Waals surface area contributed by atoms with Crippen LogP contribution < -0.4 is 0 Å². The lowest BCUT2D eigenvalue weighted by atomic mass is 10.4. The van der Waals surface area contributed by atoms with E-state index >= 15 is 0 Å². The number of nitrogens with zero attached hydrogens (tertiary/aromatic N) is 1. The number of alkyl halides is 1. The molecular formula is C5H10ClNO. The molecule has 1 atom stereocenters. The average Bonchev–Trinajstić information content (AvgIpc) is 1.84. The number of carbonyl (C=O) groups excluding carboxylic acids is 1. The maximum absolute atomic E-state index is 9.97. The quantitative estimate of drug-likeness (QED) is 0.412. The van der Waals surface area contributed by atoms with E-state index in [2.05, 4.69) is 0 Å². The van der Waals surface area contributed by atoms with Gasteiger partial charge < -0.3 is 4.90 Å². The number of hydrogen-bond donors (Lipinski definition) is 0. The lowest BCUT2D eigenvalue weighted by molar-refractivity contribution is -0.118. The van der Waals surface area contributed by atoms with Gasteiger partial charge in [-0.15, -0.1) is 11.6 Å². The smallest absolute Gasteiger partial charge is 0.209 e. The van der Waals surface area contributed by atoms with Crippen LogP contribution in [0.15, 0.2) is 0 Å². The lowest BCUT2D eigenvalue weighted by Gasteiger charge is -2.16. The fraction of sp³-hybridized carbons (Fsp3) is 0.800. The van der Waals surface area contributed by atoms with E-state index in [4.69, 9.17) is 11.6 Å². The van der Waals surface area contributed by atoms with E-state index in [0.29, 0.717) is 5.88 Å². The van der Waals surface area contributed by atoms with Crippen LogP contribution in [0.4, 0.5) is 0 Å². The van der Waals surface area contributed by atoms with Gasteiger partial charge in [0.2, 0.25) is 6.41 Å². The standard InChI is InChI=1S/C5H10ClNO/c1-5(3-6)7(2)4-8/h4-5H,3H2,1-2H3/t5-/m1/s1. The topological polar surface area (TPSA) is 20.3 Å². The molecular weight excluding hydrogens is 126 g/mol. The fourth-order valence-corrected chi connectivity index (χ4v) is 0.430. The van der Waals surface area contributed by atoms with Crippen LogP contribution in [0.3, 0.4) is 0 Å². The summed E-state index contributed by atoms with van der Waals surface area (Å²) in [5.74, 6) is 0.495. The second-order valence-electron chi connectivity index (χ2n) is 1.77. The Bertz CT molecular complexity index is 76.8. The molecule has 0 aliphatic rings. The summed E-state index contributed by atoms with van der Waals surface area (Å²) in [7, 11) is 1.71. The zero-order chi connectivity index (χ0) is 6.57. The fourth-order valence-electron chi connectivity index (χ4n) is 0.213. The van der Waals surface area contributed by atoms with Gasteiger partial charge in [-0.25, -0.2) is 0 Å². The second-order valence-corrected chi connectivity index (χ2v) is 2.08. The predicted octanol–water partition coefficient (Wildman–Crippen LogP) is 0.702. The molecule has 48 valence electrons. The van der Waals surface area contributed by atoms with Crippen molar-refractivity contribution in [1.82, 2.24) is 4.90 Å². The van der Waals surface area contributed by atoms with E-state index in [1.807, 2.05) is 6.92 Å². The van der Waals surface area contributed by atoms with Crippen LogP contribution in [0.2, 0.25) is 0 Å². The molecule has 8 heavy (non-hydrogen) atoms. The summed E-state index contributed by atoms with van der Waals surface area (Å²) < 4.78 is 0. The molecule has 0 aliphatic carbocycles. The molecule has 0 aromatic carbocycles. The van der Waals surface area contributed by atoms with Crippen molar-refractivity contribution in [2.45, 2.75) is 13.0 Å². The number of hydrogen-bond acceptors (Lipinski definition) is 1. The monoisotopic (exact) mass is 135 g/mol. The molecule has 3 heteroatoms. The van der Waals surface area contributed by atoms with Gasteiger partial charge in [0.05, 0.1) is 0 Å². The van der Waals surface area contributed by atoms with Gasteiger partial charge in [0.25, 0.3) is 0 Å². The van der Waals surface area contributed by atoms with E-state index in [1.54, 1.807) is 7.05 Å². The summed E-state index contributed by atoms with van der Waals surface area (Å²) in [4.78, 5) is 11.5. The minimum atomic E-state index is 0.147. The highest BCUT2D eigenvalue weighted by Gasteiger charge is 2.01. The van der Waals surface area contributed by atoms with E-state index in [0.717, 1.165) is 6.41 Å². The molecule has 0 N–H and O–H groups in total. The first kappa shape index (κ1) is 7.76. The maximum Gasteiger partial charge on any atom is 0.209 e. The summed E-state index contributed by atoms with van der Waals surface area (Å²) in [5, 5.41) is 0. The number of rotatable bonds is 3. The SMILES string of the molecule is C[C@H](CCl)N(C)C=O. The number of amides is 1. The minimum absolute atomic E-state index is 0.147. The molecule has 0 heterocycles. The first-order chi connectivity index (χ1) is 3.72. The lowest BCUT2D eigenvalue weighted by Crippen LogP contribution is -2.28. The zero-order valence-corrected chi connectivity index (χ0v) is 5.85. The minimum Gasteiger partial charge on any atom is -0.344 e. The van der Waals surface area contributed by atoms with Crippen LogP contribution >= 0.6 is 11.6 Å². The van der Waals surface area contributed by atoms with Gasteiger partial charge in [-0.1, -0.05) is 0 Å². The van der Waals surface area contributed by atoms with E-state index in [9.17, 15) is 4.79 Å². The molecule has 0 rings (SSSR count). The molecule has 2 nitrogen and oxygen atoms in total. The Kier molecular flexibility index (Phi) is 3.61.